The molecule has 4 nitrogen and oxygen atoms in total. The van der Waals surface area contributed by atoms with Crippen molar-refractivity contribution in [2.45, 2.75) is 18.7 Å². The molecule has 2 unspecified atom stereocenters. The van der Waals surface area contributed by atoms with E-state index in [4.69, 9.17) is 4.74 Å². The SMILES string of the molecule is COC[C@H](NC(c1ccccc1C)P(=O)(O)c1ccccc1)c1ccccc1. The fraction of sp³-hybridized carbons (Fsp3) is 0.217. The standard InChI is InChI=1S/C23H26NO3P/c1-18-11-9-10-16-21(18)23(28(25,26)20-14-7-4-8-15-20)24-22(17-27-2)19-12-5-3-6-13-19/h3-16,22-24H,17H2,1-2H3,(H,25,26)/t22-,23?/m0/s1. The molecule has 0 saturated heterocycles. The largest absolute Gasteiger partial charge is 0.383 e. The van der Waals surface area contributed by atoms with Crippen LogP contribution in [-0.4, -0.2) is 18.6 Å². The summed E-state index contributed by atoms with van der Waals surface area (Å²) < 4.78 is 19.1. The molecule has 0 radical (unpaired) electrons. The smallest absolute Gasteiger partial charge is 0.250 e. The number of nitrogens with one attached hydrogen (secondary N) is 1. The topological polar surface area (TPSA) is 58.6 Å². The third kappa shape index (κ3) is 4.60. The van der Waals surface area contributed by atoms with Crippen molar-refractivity contribution in [1.82, 2.24) is 5.32 Å². The van der Waals surface area contributed by atoms with Gasteiger partial charge in [0, 0.05) is 12.4 Å². The second kappa shape index (κ2) is 9.31. The first-order valence-electron chi connectivity index (χ1n) is 9.27. The van der Waals surface area contributed by atoms with Gasteiger partial charge in [-0.05, 0) is 35.7 Å². The lowest BCUT2D eigenvalue weighted by molar-refractivity contribution is 0.164. The molecule has 146 valence electrons. The summed E-state index contributed by atoms with van der Waals surface area (Å²) in [5.41, 5.74) is 2.79. The van der Waals surface area contributed by atoms with Crippen molar-refractivity contribution in [2.24, 2.45) is 0 Å². The minimum absolute atomic E-state index is 0.222. The molecule has 0 amide bonds. The fourth-order valence-electron chi connectivity index (χ4n) is 3.35. The van der Waals surface area contributed by atoms with Crippen molar-refractivity contribution >= 4 is 12.7 Å². The number of aryl methyl sites for hydroxylation is 1. The Bertz CT molecular complexity index is 931. The van der Waals surface area contributed by atoms with E-state index in [9.17, 15) is 9.46 Å². The van der Waals surface area contributed by atoms with Crippen LogP contribution in [0.15, 0.2) is 84.9 Å². The van der Waals surface area contributed by atoms with Gasteiger partial charge in [-0.25, -0.2) is 0 Å². The molecule has 5 heteroatoms. The van der Waals surface area contributed by atoms with E-state index in [0.717, 1.165) is 16.7 Å². The van der Waals surface area contributed by atoms with E-state index in [1.165, 1.54) is 0 Å². The molecular weight excluding hydrogens is 369 g/mol. The Kier molecular flexibility index (Phi) is 6.82. The first-order chi connectivity index (χ1) is 13.5. The van der Waals surface area contributed by atoms with Crippen LogP contribution in [0.3, 0.4) is 0 Å². The van der Waals surface area contributed by atoms with E-state index in [1.807, 2.05) is 67.6 Å². The maximum atomic E-state index is 13.7. The van der Waals surface area contributed by atoms with Gasteiger partial charge in [0.1, 0.15) is 5.78 Å². The lowest BCUT2D eigenvalue weighted by atomic mass is 10.1. The Morgan fingerprint density at radius 1 is 0.929 bits per heavy atom. The third-order valence-electron chi connectivity index (χ3n) is 4.85. The van der Waals surface area contributed by atoms with Crippen LogP contribution in [0.1, 0.15) is 28.5 Å². The zero-order chi connectivity index (χ0) is 20.0. The molecule has 3 aromatic rings. The van der Waals surface area contributed by atoms with Gasteiger partial charge in [-0.1, -0.05) is 72.8 Å². The minimum Gasteiger partial charge on any atom is -0.383 e. The highest BCUT2D eigenvalue weighted by Crippen LogP contribution is 2.54. The molecule has 3 rings (SSSR count). The number of hydrogen-bond acceptors (Lipinski definition) is 3. The summed E-state index contributed by atoms with van der Waals surface area (Å²) in [6.45, 7) is 2.35. The quantitative estimate of drug-likeness (QED) is 0.549. The maximum Gasteiger partial charge on any atom is 0.250 e. The molecule has 0 heterocycles. The summed E-state index contributed by atoms with van der Waals surface area (Å²) in [4.78, 5) is 11.2. The Morgan fingerprint density at radius 2 is 1.50 bits per heavy atom. The number of ether oxygens (including phenoxy) is 1. The van der Waals surface area contributed by atoms with Gasteiger partial charge >= 0.3 is 0 Å². The molecule has 0 aliphatic rings. The zero-order valence-electron chi connectivity index (χ0n) is 16.2. The predicted molar refractivity (Wildman–Crippen MR) is 114 cm³/mol. The van der Waals surface area contributed by atoms with Crippen molar-refractivity contribution in [3.63, 3.8) is 0 Å². The molecule has 0 aromatic heterocycles. The van der Waals surface area contributed by atoms with E-state index in [-0.39, 0.29) is 6.04 Å². The highest BCUT2D eigenvalue weighted by molar-refractivity contribution is 7.66. The first kappa shape index (κ1) is 20.5. The third-order valence-corrected chi connectivity index (χ3v) is 7.02. The Hall–Kier alpha value is -2.23. The van der Waals surface area contributed by atoms with E-state index < -0.39 is 13.2 Å². The average molecular weight is 395 g/mol. The molecule has 0 bridgehead atoms. The highest BCUT2D eigenvalue weighted by atomic mass is 31.2. The monoisotopic (exact) mass is 395 g/mol. The van der Waals surface area contributed by atoms with Gasteiger partial charge in [-0.3, -0.25) is 9.88 Å². The van der Waals surface area contributed by atoms with Crippen LogP contribution < -0.4 is 10.6 Å². The number of rotatable bonds is 8. The molecule has 0 fully saturated rings. The van der Waals surface area contributed by atoms with Gasteiger partial charge in [0.25, 0.3) is 0 Å². The lowest BCUT2D eigenvalue weighted by Gasteiger charge is -2.30. The van der Waals surface area contributed by atoms with E-state index >= 15 is 0 Å². The Balaban J connectivity index is 2.06. The van der Waals surface area contributed by atoms with Crippen LogP contribution in [0, 0.1) is 6.92 Å². The van der Waals surface area contributed by atoms with Crippen LogP contribution >= 0.6 is 7.37 Å². The second-order valence-corrected chi connectivity index (χ2v) is 9.08. The summed E-state index contributed by atoms with van der Waals surface area (Å²) in [6.07, 6.45) is 0. The molecule has 3 atom stereocenters. The van der Waals surface area contributed by atoms with Crippen molar-refractivity contribution in [1.29, 1.82) is 0 Å². The summed E-state index contributed by atoms with van der Waals surface area (Å²) >= 11 is 0. The maximum absolute atomic E-state index is 13.7. The van der Waals surface area contributed by atoms with Crippen LogP contribution in [-0.2, 0) is 9.30 Å². The lowest BCUT2D eigenvalue weighted by Crippen LogP contribution is -2.32. The molecule has 0 spiro atoms. The summed E-state index contributed by atoms with van der Waals surface area (Å²) in [5, 5.41) is 3.86. The molecule has 3 aromatic carbocycles. The minimum atomic E-state index is -3.77. The summed E-state index contributed by atoms with van der Waals surface area (Å²) in [5.74, 6) is -0.753. The second-order valence-electron chi connectivity index (χ2n) is 6.80. The number of benzene rings is 3. The highest BCUT2D eigenvalue weighted by Gasteiger charge is 2.36. The number of hydrogen-bond donors (Lipinski definition) is 2. The van der Waals surface area contributed by atoms with E-state index in [1.54, 1.807) is 31.4 Å². The van der Waals surface area contributed by atoms with Crippen molar-refractivity contribution in [2.75, 3.05) is 13.7 Å². The first-order valence-corrected chi connectivity index (χ1v) is 11.0. The van der Waals surface area contributed by atoms with Crippen LogP contribution in [0.4, 0.5) is 0 Å². The Morgan fingerprint density at radius 3 is 2.11 bits per heavy atom. The fourth-order valence-corrected chi connectivity index (χ4v) is 5.29. The molecule has 28 heavy (non-hydrogen) atoms. The zero-order valence-corrected chi connectivity index (χ0v) is 17.1. The summed E-state index contributed by atoms with van der Waals surface area (Å²) in [6, 6.07) is 26.2. The summed E-state index contributed by atoms with van der Waals surface area (Å²) in [7, 11) is -2.13. The van der Waals surface area contributed by atoms with Crippen molar-refractivity contribution < 1.29 is 14.2 Å². The van der Waals surface area contributed by atoms with Crippen LogP contribution in [0.2, 0.25) is 0 Å². The Labute approximate surface area is 166 Å². The van der Waals surface area contributed by atoms with Gasteiger partial charge in [0.05, 0.1) is 12.6 Å². The molecule has 0 aliphatic heterocycles. The normalized spacial score (nSPS) is 15.5. The number of methoxy groups -OCH3 is 1. The molecule has 0 aliphatic carbocycles. The van der Waals surface area contributed by atoms with Crippen LogP contribution in [0.25, 0.3) is 0 Å². The predicted octanol–water partition coefficient (Wildman–Crippen LogP) is 4.57. The van der Waals surface area contributed by atoms with Gasteiger partial charge in [-0.2, -0.15) is 0 Å². The molecule has 0 saturated carbocycles. The van der Waals surface area contributed by atoms with Crippen molar-refractivity contribution in [3.8, 4) is 0 Å². The molecular formula is C23H26NO3P. The van der Waals surface area contributed by atoms with E-state index in [0.29, 0.717) is 11.9 Å². The van der Waals surface area contributed by atoms with E-state index in [2.05, 4.69) is 5.32 Å². The van der Waals surface area contributed by atoms with Gasteiger partial charge in [0.2, 0.25) is 7.37 Å². The van der Waals surface area contributed by atoms with Gasteiger partial charge in [-0.15, -0.1) is 0 Å². The van der Waals surface area contributed by atoms with Crippen molar-refractivity contribution in [3.05, 3.63) is 102 Å². The molecule has 2 N–H and O–H groups in total. The average Bonchev–Trinajstić information content (AvgIpc) is 2.73. The van der Waals surface area contributed by atoms with Gasteiger partial charge < -0.3 is 9.63 Å². The van der Waals surface area contributed by atoms with Crippen LogP contribution in [0.5, 0.6) is 0 Å². The van der Waals surface area contributed by atoms with Gasteiger partial charge in [0.15, 0.2) is 0 Å².